The number of likely N-dealkylation sites (tertiary alicyclic amines) is 1. The van der Waals surface area contributed by atoms with E-state index in [-0.39, 0.29) is 19.1 Å². The summed E-state index contributed by atoms with van der Waals surface area (Å²) >= 11 is 9.26. The van der Waals surface area contributed by atoms with Gasteiger partial charge in [-0.25, -0.2) is 4.79 Å². The van der Waals surface area contributed by atoms with Crippen LogP contribution in [0.3, 0.4) is 0 Å². The van der Waals surface area contributed by atoms with Gasteiger partial charge in [0.1, 0.15) is 19.0 Å². The van der Waals surface area contributed by atoms with Crippen LogP contribution in [0, 0.1) is 6.92 Å². The molecule has 3 aromatic carbocycles. The molecule has 9 nitrogen and oxygen atoms in total. The lowest BCUT2D eigenvalue weighted by atomic mass is 10.1. The molecule has 1 aliphatic rings. The van der Waals surface area contributed by atoms with E-state index in [0.29, 0.717) is 26.3 Å². The summed E-state index contributed by atoms with van der Waals surface area (Å²) in [4.78, 5) is 37.8. The smallest absolute Gasteiger partial charge is 0.338 e. The van der Waals surface area contributed by atoms with E-state index >= 15 is 0 Å². The fourth-order valence-corrected chi connectivity index (χ4v) is 5.58. The number of benzene rings is 3. The molecule has 1 aliphatic heterocycles. The number of nitrogens with zero attached hydrogens (tertiary/aromatic N) is 2. The highest BCUT2D eigenvalue weighted by atomic mass is 79.9. The molecule has 0 aliphatic carbocycles. The molecule has 0 radical (unpaired) electrons. The number of anilines is 1. The summed E-state index contributed by atoms with van der Waals surface area (Å²) in [7, 11) is 1.63. The van der Waals surface area contributed by atoms with Crippen molar-refractivity contribution in [2.24, 2.45) is 0 Å². The first-order valence-electron chi connectivity index (χ1n) is 14.1. The minimum absolute atomic E-state index is 0.0296. The van der Waals surface area contributed by atoms with E-state index in [1.807, 2.05) is 31.2 Å². The molecule has 4 aromatic rings. The Morgan fingerprint density at radius 2 is 1.61 bits per heavy atom. The molecule has 1 aromatic heterocycles. The van der Waals surface area contributed by atoms with Crippen LogP contribution in [0.1, 0.15) is 51.7 Å². The molecule has 44 heavy (non-hydrogen) atoms. The van der Waals surface area contributed by atoms with Crippen LogP contribution in [-0.2, 0) is 20.8 Å². The average Bonchev–Trinajstić information content (AvgIpc) is 3.63. The zero-order valence-electron chi connectivity index (χ0n) is 24.9. The SMILES string of the molecule is CC(=O)OCCOC(=O)c1cc(Br)c(N)c(CN2CCCC2)c1.COc1ccc2c(c1)cc(C)n2C(=O)c1ccc(Cl)cc1. The number of carbonyl (C=O) groups is 3. The quantitative estimate of drug-likeness (QED) is 0.125. The van der Waals surface area contributed by atoms with E-state index in [1.54, 1.807) is 48.1 Å². The number of aromatic nitrogens is 1. The van der Waals surface area contributed by atoms with Crippen molar-refractivity contribution in [2.45, 2.75) is 33.2 Å². The lowest BCUT2D eigenvalue weighted by molar-refractivity contribution is -0.142. The molecular weight excluding hydrogens is 650 g/mol. The Morgan fingerprint density at radius 3 is 2.27 bits per heavy atom. The molecule has 2 heterocycles. The molecule has 5 rings (SSSR count). The highest BCUT2D eigenvalue weighted by Crippen LogP contribution is 2.28. The number of hydrogen-bond acceptors (Lipinski definition) is 8. The maximum Gasteiger partial charge on any atom is 0.338 e. The van der Waals surface area contributed by atoms with Crippen LogP contribution in [-0.4, -0.2) is 60.7 Å². The zero-order valence-corrected chi connectivity index (χ0v) is 27.2. The minimum atomic E-state index is -0.458. The van der Waals surface area contributed by atoms with Gasteiger partial charge in [0.15, 0.2) is 0 Å². The van der Waals surface area contributed by atoms with Crippen molar-refractivity contribution in [1.82, 2.24) is 9.47 Å². The Labute approximate surface area is 269 Å². The Morgan fingerprint density at radius 1 is 0.932 bits per heavy atom. The highest BCUT2D eigenvalue weighted by molar-refractivity contribution is 9.10. The second-order valence-electron chi connectivity index (χ2n) is 10.3. The minimum Gasteiger partial charge on any atom is -0.497 e. The second kappa shape index (κ2) is 15.2. The van der Waals surface area contributed by atoms with Crippen molar-refractivity contribution in [1.29, 1.82) is 0 Å². The van der Waals surface area contributed by atoms with E-state index in [0.717, 1.165) is 47.5 Å². The van der Waals surface area contributed by atoms with Crippen LogP contribution in [0.2, 0.25) is 5.02 Å². The van der Waals surface area contributed by atoms with Gasteiger partial charge in [-0.3, -0.25) is 19.1 Å². The molecule has 1 saturated heterocycles. The van der Waals surface area contributed by atoms with Crippen LogP contribution in [0.15, 0.2) is 65.1 Å². The molecule has 0 spiro atoms. The van der Waals surface area contributed by atoms with Gasteiger partial charge < -0.3 is 19.9 Å². The monoisotopic (exact) mass is 683 g/mol. The van der Waals surface area contributed by atoms with Gasteiger partial charge in [0.05, 0.1) is 23.9 Å². The number of nitrogen functional groups attached to an aromatic ring is 1. The number of nitrogens with two attached hydrogens (primary N) is 1. The van der Waals surface area contributed by atoms with Crippen molar-refractivity contribution in [2.75, 3.05) is 39.1 Å². The Balaban J connectivity index is 0.000000201. The molecule has 0 saturated carbocycles. The summed E-state index contributed by atoms with van der Waals surface area (Å²) in [5.74, 6) is -0.146. The number of carbonyl (C=O) groups excluding carboxylic acids is 3. The van der Waals surface area contributed by atoms with Gasteiger partial charge >= 0.3 is 11.9 Å². The second-order valence-corrected chi connectivity index (χ2v) is 11.6. The van der Waals surface area contributed by atoms with Crippen molar-refractivity contribution in [3.8, 4) is 5.75 Å². The summed E-state index contributed by atoms with van der Waals surface area (Å²) < 4.78 is 17.4. The maximum atomic E-state index is 12.7. The number of methoxy groups -OCH3 is 1. The molecule has 0 unspecified atom stereocenters. The average molecular weight is 685 g/mol. The normalized spacial score (nSPS) is 12.8. The van der Waals surface area contributed by atoms with Crippen molar-refractivity contribution in [3.63, 3.8) is 0 Å². The van der Waals surface area contributed by atoms with E-state index in [4.69, 9.17) is 31.5 Å². The van der Waals surface area contributed by atoms with E-state index in [9.17, 15) is 14.4 Å². The van der Waals surface area contributed by atoms with Gasteiger partial charge in [-0.1, -0.05) is 11.6 Å². The Bertz CT molecular complexity index is 1650. The van der Waals surface area contributed by atoms with Gasteiger partial charge in [-0.15, -0.1) is 0 Å². The summed E-state index contributed by atoms with van der Waals surface area (Å²) in [5, 5.41) is 1.60. The number of fused-ring (bicyclic) bond motifs is 1. The maximum absolute atomic E-state index is 12.7. The number of esters is 2. The Hall–Kier alpha value is -3.86. The summed E-state index contributed by atoms with van der Waals surface area (Å²) in [5.41, 5.74) is 10.5. The number of halogens is 2. The largest absolute Gasteiger partial charge is 0.497 e. The number of hydrogen-bond donors (Lipinski definition) is 1. The van der Waals surface area contributed by atoms with Crippen molar-refractivity contribution < 1.29 is 28.6 Å². The van der Waals surface area contributed by atoms with Gasteiger partial charge in [0, 0.05) is 39.6 Å². The standard InChI is InChI=1S/C17H14ClNO2.C16H21BrN2O4/c1-11-9-13-10-15(21-2)7-8-16(13)19(11)17(20)12-3-5-14(18)6-4-12;1-11(20)22-6-7-23-16(21)12-8-13(15(18)14(17)9-12)10-19-4-2-3-5-19/h3-10H,1-2H3;8-9H,2-7,10,18H2,1H3. The molecule has 0 atom stereocenters. The third-order valence-electron chi connectivity index (χ3n) is 7.15. The third-order valence-corrected chi connectivity index (χ3v) is 8.06. The summed E-state index contributed by atoms with van der Waals surface area (Å²) in [6.45, 7) is 6.13. The van der Waals surface area contributed by atoms with E-state index in [2.05, 4.69) is 20.8 Å². The number of rotatable bonds is 8. The molecular formula is C33H35BrClN3O6. The van der Waals surface area contributed by atoms with E-state index in [1.165, 1.54) is 19.8 Å². The van der Waals surface area contributed by atoms with Gasteiger partial charge in [0.2, 0.25) is 0 Å². The molecule has 1 fully saturated rings. The summed E-state index contributed by atoms with van der Waals surface area (Å²) in [6.07, 6.45) is 2.39. The van der Waals surface area contributed by atoms with Gasteiger partial charge in [0.25, 0.3) is 5.91 Å². The van der Waals surface area contributed by atoms with Crippen LogP contribution >= 0.6 is 27.5 Å². The highest BCUT2D eigenvalue weighted by Gasteiger charge is 2.18. The predicted octanol–water partition coefficient (Wildman–Crippen LogP) is 6.65. The number of aryl methyl sites for hydroxylation is 1. The third kappa shape index (κ3) is 8.40. The fraction of sp³-hybridized carbons (Fsp3) is 0.303. The van der Waals surface area contributed by atoms with Crippen LogP contribution < -0.4 is 10.5 Å². The molecule has 232 valence electrons. The van der Waals surface area contributed by atoms with E-state index < -0.39 is 11.9 Å². The topological polar surface area (TPSA) is 113 Å². The zero-order chi connectivity index (χ0) is 31.8. The van der Waals surface area contributed by atoms with Crippen LogP contribution in [0.5, 0.6) is 5.75 Å². The van der Waals surface area contributed by atoms with Gasteiger partial charge in [-0.2, -0.15) is 0 Å². The van der Waals surface area contributed by atoms with Gasteiger partial charge in [-0.05, 0) is 115 Å². The fourth-order valence-electron chi connectivity index (χ4n) is 4.96. The van der Waals surface area contributed by atoms with Crippen LogP contribution in [0.4, 0.5) is 5.69 Å². The number of ether oxygens (including phenoxy) is 3. The van der Waals surface area contributed by atoms with Crippen molar-refractivity contribution >= 4 is 62.0 Å². The first kappa shape index (κ1) is 33.0. The first-order valence-corrected chi connectivity index (χ1v) is 15.3. The van der Waals surface area contributed by atoms with Crippen LogP contribution in [0.25, 0.3) is 10.9 Å². The predicted molar refractivity (Wildman–Crippen MR) is 174 cm³/mol. The lowest BCUT2D eigenvalue weighted by Gasteiger charge is -2.17. The first-order chi connectivity index (χ1) is 21.1. The molecule has 0 bridgehead atoms. The van der Waals surface area contributed by atoms with Crippen molar-refractivity contribution in [3.05, 3.63) is 92.5 Å². The summed E-state index contributed by atoms with van der Waals surface area (Å²) in [6, 6.07) is 18.0. The Kier molecular flexibility index (Phi) is 11.4. The molecule has 0 amide bonds. The molecule has 2 N–H and O–H groups in total. The molecule has 11 heteroatoms. The lowest BCUT2D eigenvalue weighted by Crippen LogP contribution is -2.20.